The van der Waals surface area contributed by atoms with E-state index in [9.17, 15) is 22.8 Å². The molecule has 7 heteroatoms. The third-order valence-electron chi connectivity index (χ3n) is 2.91. The molecule has 110 valence electrons. The van der Waals surface area contributed by atoms with Gasteiger partial charge in [0, 0.05) is 6.20 Å². The summed E-state index contributed by atoms with van der Waals surface area (Å²) in [6.07, 6.45) is -3.29. The summed E-state index contributed by atoms with van der Waals surface area (Å²) in [7, 11) is 0. The second-order valence-corrected chi connectivity index (χ2v) is 4.31. The van der Waals surface area contributed by atoms with Crippen molar-refractivity contribution in [2.45, 2.75) is 12.7 Å². The number of alkyl halides is 3. The molecular formula is C14H10F3NO3. The zero-order valence-corrected chi connectivity index (χ0v) is 10.6. The lowest BCUT2D eigenvalue weighted by Crippen LogP contribution is -2.26. The van der Waals surface area contributed by atoms with Crippen molar-refractivity contribution >= 4 is 5.97 Å². The number of benzene rings is 1. The van der Waals surface area contributed by atoms with Crippen LogP contribution in [0.1, 0.15) is 21.5 Å². The summed E-state index contributed by atoms with van der Waals surface area (Å²) < 4.78 is 39.6. The number of hydrogen-bond acceptors (Lipinski definition) is 2. The largest absolute Gasteiger partial charge is 0.477 e. The first kappa shape index (κ1) is 14.8. The number of halogens is 3. The lowest BCUT2D eigenvalue weighted by Gasteiger charge is -2.13. The predicted molar refractivity (Wildman–Crippen MR) is 68.2 cm³/mol. The fourth-order valence-electron chi connectivity index (χ4n) is 1.94. The average molecular weight is 297 g/mol. The van der Waals surface area contributed by atoms with Gasteiger partial charge in [0.05, 0.1) is 12.1 Å². The van der Waals surface area contributed by atoms with Gasteiger partial charge in [0.2, 0.25) is 0 Å². The molecule has 0 aliphatic carbocycles. The van der Waals surface area contributed by atoms with Crippen molar-refractivity contribution < 1.29 is 23.1 Å². The molecule has 1 N–H and O–H groups in total. The normalized spacial score (nSPS) is 11.4. The zero-order chi connectivity index (χ0) is 15.6. The number of carbonyl (C=O) groups is 1. The fraction of sp³-hybridized carbons (Fsp3) is 0.143. The molecule has 1 aromatic carbocycles. The van der Waals surface area contributed by atoms with Crippen LogP contribution >= 0.6 is 0 Å². The maximum Gasteiger partial charge on any atom is 0.416 e. The van der Waals surface area contributed by atoms with E-state index in [1.54, 1.807) is 0 Å². The van der Waals surface area contributed by atoms with Crippen LogP contribution in [-0.4, -0.2) is 15.6 Å². The van der Waals surface area contributed by atoms with Gasteiger partial charge in [0.25, 0.3) is 5.56 Å². The van der Waals surface area contributed by atoms with E-state index in [1.807, 2.05) is 0 Å². The van der Waals surface area contributed by atoms with Gasteiger partial charge >= 0.3 is 12.1 Å². The Kier molecular flexibility index (Phi) is 3.84. The maximum atomic E-state index is 12.9. The Bertz CT molecular complexity index is 735. The third kappa shape index (κ3) is 3.13. The number of rotatable bonds is 3. The van der Waals surface area contributed by atoms with Crippen LogP contribution in [0.4, 0.5) is 13.2 Å². The first-order valence-corrected chi connectivity index (χ1v) is 5.88. The van der Waals surface area contributed by atoms with Crippen molar-refractivity contribution in [2.24, 2.45) is 0 Å². The molecule has 0 unspecified atom stereocenters. The van der Waals surface area contributed by atoms with Gasteiger partial charge in [0.1, 0.15) is 5.56 Å². The van der Waals surface area contributed by atoms with E-state index in [-0.39, 0.29) is 12.1 Å². The highest BCUT2D eigenvalue weighted by Gasteiger charge is 2.32. The molecule has 0 saturated heterocycles. The molecule has 0 fully saturated rings. The molecule has 0 amide bonds. The van der Waals surface area contributed by atoms with Crippen LogP contribution in [0.15, 0.2) is 47.4 Å². The topological polar surface area (TPSA) is 59.3 Å². The molecule has 0 bridgehead atoms. The summed E-state index contributed by atoms with van der Waals surface area (Å²) in [5.41, 5.74) is -2.28. The first-order chi connectivity index (χ1) is 9.80. The average Bonchev–Trinajstić information content (AvgIpc) is 2.40. The maximum absolute atomic E-state index is 12.9. The highest BCUT2D eigenvalue weighted by Crippen LogP contribution is 2.31. The van der Waals surface area contributed by atoms with Gasteiger partial charge in [-0.15, -0.1) is 0 Å². The van der Waals surface area contributed by atoms with E-state index in [0.717, 1.165) is 16.7 Å². The molecule has 0 radical (unpaired) electrons. The predicted octanol–water partition coefficient (Wildman–Crippen LogP) is 2.61. The summed E-state index contributed by atoms with van der Waals surface area (Å²) in [4.78, 5) is 22.7. The SMILES string of the molecule is O=C(O)c1cccn(Cc2ccccc2C(F)(F)F)c1=O. The summed E-state index contributed by atoms with van der Waals surface area (Å²) in [5, 5.41) is 8.85. The van der Waals surface area contributed by atoms with Crippen molar-refractivity contribution in [1.29, 1.82) is 0 Å². The highest BCUT2D eigenvalue weighted by molar-refractivity contribution is 5.86. The van der Waals surface area contributed by atoms with Gasteiger partial charge in [-0.1, -0.05) is 18.2 Å². The van der Waals surface area contributed by atoms with Crippen LogP contribution in [0.3, 0.4) is 0 Å². The molecule has 2 rings (SSSR count). The second-order valence-electron chi connectivity index (χ2n) is 4.31. The summed E-state index contributed by atoms with van der Waals surface area (Å²) in [6, 6.07) is 7.27. The van der Waals surface area contributed by atoms with Gasteiger partial charge < -0.3 is 9.67 Å². The van der Waals surface area contributed by atoms with Crippen LogP contribution in [0, 0.1) is 0 Å². The van der Waals surface area contributed by atoms with Crippen molar-refractivity contribution in [1.82, 2.24) is 4.57 Å². The summed E-state index contributed by atoms with van der Waals surface area (Å²) >= 11 is 0. The van der Waals surface area contributed by atoms with E-state index < -0.39 is 28.8 Å². The smallest absolute Gasteiger partial charge is 0.416 e. The second kappa shape index (κ2) is 5.43. The van der Waals surface area contributed by atoms with Gasteiger partial charge in [0.15, 0.2) is 0 Å². The van der Waals surface area contributed by atoms with Crippen LogP contribution in [0.2, 0.25) is 0 Å². The van der Waals surface area contributed by atoms with Crippen LogP contribution in [0.25, 0.3) is 0 Å². The van der Waals surface area contributed by atoms with Crippen LogP contribution < -0.4 is 5.56 Å². The number of nitrogens with zero attached hydrogens (tertiary/aromatic N) is 1. The monoisotopic (exact) mass is 297 g/mol. The van der Waals surface area contributed by atoms with E-state index >= 15 is 0 Å². The molecular weight excluding hydrogens is 287 g/mol. The van der Waals surface area contributed by atoms with Crippen LogP contribution in [0.5, 0.6) is 0 Å². The molecule has 0 atom stereocenters. The van der Waals surface area contributed by atoms with Gasteiger partial charge in [-0.2, -0.15) is 13.2 Å². The molecule has 0 saturated carbocycles. The lowest BCUT2D eigenvalue weighted by atomic mass is 10.1. The standard InChI is InChI=1S/C14H10F3NO3/c15-14(16,17)11-6-2-1-4-9(11)8-18-7-3-5-10(12(18)19)13(20)21/h1-7H,8H2,(H,20,21). The Hall–Kier alpha value is -2.57. The minimum Gasteiger partial charge on any atom is -0.477 e. The summed E-state index contributed by atoms with van der Waals surface area (Å²) in [5.74, 6) is -1.42. The molecule has 0 aliphatic heterocycles. The minimum atomic E-state index is -4.54. The van der Waals surface area contributed by atoms with Crippen LogP contribution in [-0.2, 0) is 12.7 Å². The molecule has 1 aromatic heterocycles. The van der Waals surface area contributed by atoms with Gasteiger partial charge in [-0.3, -0.25) is 4.79 Å². The van der Waals surface area contributed by atoms with Crippen molar-refractivity contribution in [3.63, 3.8) is 0 Å². The number of aromatic carboxylic acids is 1. The lowest BCUT2D eigenvalue weighted by molar-refractivity contribution is -0.138. The zero-order valence-electron chi connectivity index (χ0n) is 10.6. The fourth-order valence-corrected chi connectivity index (χ4v) is 1.94. The van der Waals surface area contributed by atoms with Gasteiger partial charge in [-0.25, -0.2) is 4.79 Å². The molecule has 2 aromatic rings. The Labute approximate surface area is 117 Å². The number of hydrogen-bond donors (Lipinski definition) is 1. The molecule has 0 aliphatic rings. The Morgan fingerprint density at radius 3 is 2.43 bits per heavy atom. The van der Waals surface area contributed by atoms with Gasteiger partial charge in [-0.05, 0) is 23.8 Å². The van der Waals surface area contributed by atoms with Crippen molar-refractivity contribution in [3.8, 4) is 0 Å². The minimum absolute atomic E-state index is 0.102. The van der Waals surface area contributed by atoms with E-state index in [4.69, 9.17) is 5.11 Å². The molecule has 0 spiro atoms. The Morgan fingerprint density at radius 1 is 1.14 bits per heavy atom. The van der Waals surface area contributed by atoms with Crippen molar-refractivity contribution in [2.75, 3.05) is 0 Å². The number of aromatic nitrogens is 1. The summed E-state index contributed by atoms with van der Waals surface area (Å²) in [6.45, 7) is -0.352. The Balaban J connectivity index is 2.47. The molecule has 4 nitrogen and oxygen atoms in total. The number of pyridine rings is 1. The Morgan fingerprint density at radius 2 is 1.81 bits per heavy atom. The first-order valence-electron chi connectivity index (χ1n) is 5.88. The quantitative estimate of drug-likeness (QED) is 0.947. The number of carboxylic acid groups (broad SMARTS) is 1. The van der Waals surface area contributed by atoms with Crippen molar-refractivity contribution in [3.05, 3.63) is 69.6 Å². The highest BCUT2D eigenvalue weighted by atomic mass is 19.4. The van der Waals surface area contributed by atoms with E-state index in [2.05, 4.69) is 0 Å². The third-order valence-corrected chi connectivity index (χ3v) is 2.91. The molecule has 1 heterocycles. The molecule has 21 heavy (non-hydrogen) atoms. The van der Waals surface area contributed by atoms with E-state index in [0.29, 0.717) is 0 Å². The number of carboxylic acids is 1. The van der Waals surface area contributed by atoms with E-state index in [1.165, 1.54) is 30.5 Å².